The molecule has 0 aliphatic heterocycles. The topological polar surface area (TPSA) is 101 Å². The normalized spacial score (nSPS) is 12.2. The number of fused-ring (bicyclic) bond motifs is 1. The Kier molecular flexibility index (Phi) is 7.14. The molecule has 180 valence electrons. The van der Waals surface area contributed by atoms with E-state index in [2.05, 4.69) is 4.74 Å². The van der Waals surface area contributed by atoms with E-state index in [0.29, 0.717) is 0 Å². The summed E-state index contributed by atoms with van der Waals surface area (Å²) in [4.78, 5) is 36.1. The molecule has 0 fully saturated rings. The van der Waals surface area contributed by atoms with E-state index in [0.717, 1.165) is 6.07 Å². The average molecular weight is 480 g/mol. The minimum absolute atomic E-state index is 0.00334. The van der Waals surface area contributed by atoms with Crippen molar-refractivity contribution in [3.05, 3.63) is 64.0 Å². The third-order valence-corrected chi connectivity index (χ3v) is 4.51. The highest BCUT2D eigenvalue weighted by molar-refractivity contribution is 5.89. The molecule has 34 heavy (non-hydrogen) atoms. The zero-order valence-electron chi connectivity index (χ0n) is 18.2. The van der Waals surface area contributed by atoms with Crippen molar-refractivity contribution in [3.63, 3.8) is 0 Å². The molecule has 1 heterocycles. The van der Waals surface area contributed by atoms with Crippen molar-refractivity contribution in [3.8, 4) is 17.2 Å². The van der Waals surface area contributed by atoms with Gasteiger partial charge in [0.1, 0.15) is 17.1 Å². The van der Waals surface area contributed by atoms with Gasteiger partial charge in [0.05, 0.1) is 24.7 Å². The van der Waals surface area contributed by atoms with Gasteiger partial charge >= 0.3 is 18.1 Å². The summed E-state index contributed by atoms with van der Waals surface area (Å²) in [5, 5.41) is -0.203. The highest BCUT2D eigenvalue weighted by atomic mass is 19.4. The van der Waals surface area contributed by atoms with Crippen LogP contribution < -0.4 is 14.9 Å². The maximum atomic E-state index is 13.7. The third-order valence-electron chi connectivity index (χ3n) is 4.51. The highest BCUT2D eigenvalue weighted by Crippen LogP contribution is 2.38. The van der Waals surface area contributed by atoms with Crippen molar-refractivity contribution in [2.45, 2.75) is 26.1 Å². The van der Waals surface area contributed by atoms with E-state index in [1.165, 1.54) is 50.4 Å². The molecule has 11 heteroatoms. The summed E-state index contributed by atoms with van der Waals surface area (Å²) in [5.74, 6) is -4.17. The minimum atomic E-state index is -5.07. The summed E-state index contributed by atoms with van der Waals surface area (Å²) in [7, 11) is 1.18. The maximum Gasteiger partial charge on any atom is 0.453 e. The fraction of sp³-hybridized carbons (Fsp3) is 0.261. The van der Waals surface area contributed by atoms with E-state index in [1.807, 2.05) is 0 Å². The number of benzene rings is 2. The summed E-state index contributed by atoms with van der Waals surface area (Å²) in [6, 6.07) is 8.53. The first-order valence-corrected chi connectivity index (χ1v) is 9.92. The van der Waals surface area contributed by atoms with Gasteiger partial charge in [-0.15, -0.1) is 0 Å². The lowest BCUT2D eigenvalue weighted by molar-refractivity contribution is -0.154. The lowest BCUT2D eigenvalue weighted by Crippen LogP contribution is -2.26. The summed E-state index contributed by atoms with van der Waals surface area (Å²) in [5.41, 5.74) is -1.35. The van der Waals surface area contributed by atoms with E-state index in [4.69, 9.17) is 18.6 Å². The first-order chi connectivity index (χ1) is 16.0. The minimum Gasteiger partial charge on any atom is -0.479 e. The Bertz CT molecular complexity index is 1260. The number of rotatable bonds is 7. The van der Waals surface area contributed by atoms with Crippen LogP contribution in [-0.4, -0.2) is 31.8 Å². The van der Waals surface area contributed by atoms with Gasteiger partial charge in [0, 0.05) is 6.07 Å². The molecule has 0 spiro atoms. The molecule has 0 saturated heterocycles. The number of esters is 2. The fourth-order valence-electron chi connectivity index (χ4n) is 2.92. The van der Waals surface area contributed by atoms with Gasteiger partial charge in [-0.3, -0.25) is 4.79 Å². The highest BCUT2D eigenvalue weighted by Gasteiger charge is 2.40. The van der Waals surface area contributed by atoms with E-state index in [9.17, 15) is 27.6 Å². The van der Waals surface area contributed by atoms with Crippen molar-refractivity contribution in [1.82, 2.24) is 0 Å². The van der Waals surface area contributed by atoms with Gasteiger partial charge in [0.15, 0.2) is 6.10 Å². The van der Waals surface area contributed by atoms with Gasteiger partial charge < -0.3 is 23.4 Å². The number of carbonyl (C=O) groups excluding carboxylic acids is 2. The predicted molar refractivity (Wildman–Crippen MR) is 112 cm³/mol. The molecule has 0 aliphatic rings. The van der Waals surface area contributed by atoms with Crippen LogP contribution in [-0.2, 0) is 20.4 Å². The van der Waals surface area contributed by atoms with E-state index in [-0.39, 0.29) is 29.1 Å². The molecule has 3 aromatic rings. The molecule has 0 saturated carbocycles. The zero-order valence-corrected chi connectivity index (χ0v) is 18.2. The summed E-state index contributed by atoms with van der Waals surface area (Å²) >= 11 is 0. The van der Waals surface area contributed by atoms with Crippen LogP contribution in [0, 0.1) is 0 Å². The zero-order chi connectivity index (χ0) is 25.0. The molecule has 1 aromatic heterocycles. The molecule has 2 aromatic carbocycles. The largest absolute Gasteiger partial charge is 0.479 e. The van der Waals surface area contributed by atoms with Crippen LogP contribution in [0.4, 0.5) is 13.2 Å². The van der Waals surface area contributed by atoms with Crippen LogP contribution in [0.3, 0.4) is 0 Å². The SMILES string of the molecule is CCOC(=O)C(C)Oc1ccc2c(=O)c(Oc3ccc(C(=O)OC)cc3)c(C(F)(F)F)oc2c1. The van der Waals surface area contributed by atoms with Crippen molar-refractivity contribution in [1.29, 1.82) is 0 Å². The first kappa shape index (κ1) is 24.6. The fourth-order valence-corrected chi connectivity index (χ4v) is 2.92. The Morgan fingerprint density at radius 1 is 1.06 bits per heavy atom. The molecule has 3 rings (SSSR count). The Balaban J connectivity index is 2.02. The molecular formula is C23H19F3O8. The molecule has 0 aliphatic carbocycles. The Morgan fingerprint density at radius 3 is 2.29 bits per heavy atom. The van der Waals surface area contributed by atoms with Crippen molar-refractivity contribution in [2.24, 2.45) is 0 Å². The number of carbonyl (C=O) groups is 2. The van der Waals surface area contributed by atoms with Crippen LogP contribution in [0.2, 0.25) is 0 Å². The second-order valence-corrected chi connectivity index (χ2v) is 6.88. The second kappa shape index (κ2) is 9.86. The smallest absolute Gasteiger partial charge is 0.453 e. The van der Waals surface area contributed by atoms with Crippen LogP contribution in [0.25, 0.3) is 11.0 Å². The lowest BCUT2D eigenvalue weighted by Gasteiger charge is -2.15. The van der Waals surface area contributed by atoms with Gasteiger partial charge in [0.25, 0.3) is 5.76 Å². The quantitative estimate of drug-likeness (QED) is 0.448. The monoisotopic (exact) mass is 480 g/mol. The van der Waals surface area contributed by atoms with Gasteiger partial charge in [-0.05, 0) is 50.2 Å². The summed E-state index contributed by atoms with van der Waals surface area (Å²) < 4.78 is 66.1. The number of hydrogen-bond acceptors (Lipinski definition) is 8. The first-order valence-electron chi connectivity index (χ1n) is 9.92. The average Bonchev–Trinajstić information content (AvgIpc) is 2.80. The van der Waals surface area contributed by atoms with Crippen molar-refractivity contribution < 1.29 is 46.1 Å². The van der Waals surface area contributed by atoms with Crippen molar-refractivity contribution in [2.75, 3.05) is 13.7 Å². The van der Waals surface area contributed by atoms with Gasteiger partial charge in [-0.1, -0.05) is 0 Å². The number of hydrogen-bond donors (Lipinski definition) is 0. The van der Waals surface area contributed by atoms with E-state index in [1.54, 1.807) is 6.92 Å². The van der Waals surface area contributed by atoms with Crippen LogP contribution in [0.1, 0.15) is 30.0 Å². The molecule has 1 atom stereocenters. The number of alkyl halides is 3. The van der Waals surface area contributed by atoms with Gasteiger partial charge in [-0.2, -0.15) is 13.2 Å². The standard InChI is InChI=1S/C23H19F3O8/c1-4-31-21(28)12(2)32-15-9-10-16-17(11-15)34-20(23(24,25)26)19(18(16)27)33-14-7-5-13(6-8-14)22(29)30-3/h5-12H,4H2,1-3H3. The van der Waals surface area contributed by atoms with Gasteiger partial charge in [-0.25, -0.2) is 9.59 Å². The molecule has 0 radical (unpaired) electrons. The van der Waals surface area contributed by atoms with Gasteiger partial charge in [0.2, 0.25) is 11.2 Å². The van der Waals surface area contributed by atoms with Crippen LogP contribution >= 0.6 is 0 Å². The van der Waals surface area contributed by atoms with E-state index >= 15 is 0 Å². The van der Waals surface area contributed by atoms with Crippen molar-refractivity contribution >= 4 is 22.9 Å². The Hall–Kier alpha value is -4.02. The number of ether oxygens (including phenoxy) is 4. The molecule has 0 bridgehead atoms. The Labute approximate surface area is 190 Å². The summed E-state index contributed by atoms with van der Waals surface area (Å²) in [6.45, 7) is 3.14. The molecule has 0 amide bonds. The molecule has 1 unspecified atom stereocenters. The molecule has 8 nitrogen and oxygen atoms in total. The lowest BCUT2D eigenvalue weighted by atomic mass is 10.2. The Morgan fingerprint density at radius 2 is 1.71 bits per heavy atom. The molecule has 0 N–H and O–H groups in total. The second-order valence-electron chi connectivity index (χ2n) is 6.88. The summed E-state index contributed by atoms with van der Waals surface area (Å²) in [6.07, 6.45) is -6.11. The number of methoxy groups -OCH3 is 1. The van der Waals surface area contributed by atoms with Crippen LogP contribution in [0.15, 0.2) is 51.7 Å². The predicted octanol–water partition coefficient (Wildman–Crippen LogP) is 4.72. The van der Waals surface area contributed by atoms with Crippen LogP contribution in [0.5, 0.6) is 17.2 Å². The van der Waals surface area contributed by atoms with E-state index < -0.39 is 46.7 Å². The maximum absolute atomic E-state index is 13.7. The third kappa shape index (κ3) is 5.30. The molecular weight excluding hydrogens is 461 g/mol. The number of halogens is 3.